The summed E-state index contributed by atoms with van der Waals surface area (Å²) in [5, 5.41) is 3.91. The van der Waals surface area contributed by atoms with Gasteiger partial charge in [0.05, 0.1) is 0 Å². The minimum absolute atomic E-state index is 0.782. The van der Waals surface area contributed by atoms with Crippen LogP contribution < -0.4 is 16.8 Å². The van der Waals surface area contributed by atoms with E-state index in [0.717, 1.165) is 24.2 Å². The molecule has 4 heteroatoms. The normalized spacial score (nSPS) is 17.9. The van der Waals surface area contributed by atoms with Gasteiger partial charge in [0, 0.05) is 28.0 Å². The summed E-state index contributed by atoms with van der Waals surface area (Å²) in [5.74, 6) is 0. The summed E-state index contributed by atoms with van der Waals surface area (Å²) < 4.78 is 0. The molecule has 0 aromatic heterocycles. The van der Waals surface area contributed by atoms with Gasteiger partial charge in [-0.2, -0.15) is 0 Å². The van der Waals surface area contributed by atoms with Crippen molar-refractivity contribution in [1.82, 2.24) is 0 Å². The summed E-state index contributed by atoms with van der Waals surface area (Å²) in [6, 6.07) is 25.0. The molecule has 3 aromatic rings. The lowest BCUT2D eigenvalue weighted by molar-refractivity contribution is 0.685. The zero-order valence-corrected chi connectivity index (χ0v) is 18.6. The van der Waals surface area contributed by atoms with E-state index < -0.39 is 6.04 Å². The lowest BCUT2D eigenvalue weighted by atomic mass is 9.87. The number of rotatable bonds is 3. The van der Waals surface area contributed by atoms with Crippen LogP contribution in [0.25, 0.3) is 10.6 Å². The molecule has 0 saturated heterocycles. The van der Waals surface area contributed by atoms with Crippen molar-refractivity contribution < 1.29 is 0 Å². The molecule has 2 nitrogen and oxygen atoms in total. The third kappa shape index (κ3) is 3.05. The van der Waals surface area contributed by atoms with E-state index in [4.69, 9.17) is 23.3 Å². The fourth-order valence-corrected chi connectivity index (χ4v) is 10.1. The molecule has 0 atom stereocenters. The number of anilines is 2. The Labute approximate surface area is 183 Å². The van der Waals surface area contributed by atoms with Crippen molar-refractivity contribution in [3.05, 3.63) is 101 Å². The second-order valence-corrected chi connectivity index (χ2v) is 12.3. The number of benzene rings is 3. The fourth-order valence-electron chi connectivity index (χ4n) is 4.90. The average molecular weight is 429 g/mol. The highest BCUT2D eigenvalue weighted by Gasteiger charge is 2.42. The third-order valence-electron chi connectivity index (χ3n) is 6.11. The van der Waals surface area contributed by atoms with Crippen LogP contribution in [0.4, 0.5) is 11.4 Å². The molecule has 1 saturated carbocycles. The van der Waals surface area contributed by atoms with Gasteiger partial charge >= 0.3 is 0 Å². The Morgan fingerprint density at radius 3 is 1.60 bits per heavy atom. The van der Waals surface area contributed by atoms with Gasteiger partial charge in [0.1, 0.15) is 0 Å². The van der Waals surface area contributed by atoms with Crippen molar-refractivity contribution in [1.29, 1.82) is 0 Å². The van der Waals surface area contributed by atoms with Crippen molar-refractivity contribution in [2.75, 3.05) is 11.5 Å². The summed E-state index contributed by atoms with van der Waals surface area (Å²) in [7, 11) is 0. The Balaban J connectivity index is 1.86. The first-order chi connectivity index (χ1) is 14.6. The molecule has 0 amide bonds. The number of allylic oxidation sites excluding steroid dienone is 2. The van der Waals surface area contributed by atoms with Crippen LogP contribution in [0.1, 0.15) is 36.8 Å². The molecule has 5 rings (SSSR count). The predicted octanol–water partition coefficient (Wildman–Crippen LogP) is 6.37. The first-order valence-electron chi connectivity index (χ1n) is 10.4. The molecule has 2 aliphatic rings. The largest absolute Gasteiger partial charge is 0.399 e. The Morgan fingerprint density at radius 1 is 0.633 bits per heavy atom. The standard InChI is InChI=1S/C26H25N2PS/c27-20-10-6-8-18(16-20)25-23-14-4-5-15-24(23)26(19-9-7-11-21(28)17-19)29(25,30)22-12-2-1-3-13-22/h1-3,6-13,16-17H,4-5,14-15,27-28H2. The Morgan fingerprint density at radius 2 is 1.13 bits per heavy atom. The SMILES string of the molecule is Nc1cccc(C2=C3CCCCC3=C(c3cccc(N)c3)P2(=S)c2ccccc2)c1. The lowest BCUT2D eigenvalue weighted by Gasteiger charge is -2.26. The zero-order valence-electron chi connectivity index (χ0n) is 16.8. The van der Waals surface area contributed by atoms with Gasteiger partial charge in [-0.25, -0.2) is 0 Å². The van der Waals surface area contributed by atoms with E-state index in [9.17, 15) is 0 Å². The van der Waals surface area contributed by atoms with E-state index in [-0.39, 0.29) is 0 Å². The summed E-state index contributed by atoms with van der Waals surface area (Å²) in [6.45, 7) is 0. The highest BCUT2D eigenvalue weighted by molar-refractivity contribution is 8.28. The molecular weight excluding hydrogens is 403 g/mol. The number of hydrogen-bond acceptors (Lipinski definition) is 3. The van der Waals surface area contributed by atoms with Gasteiger partial charge in [-0.05, 0) is 77.5 Å². The average Bonchev–Trinajstić information content (AvgIpc) is 3.03. The van der Waals surface area contributed by atoms with Crippen molar-refractivity contribution in [3.63, 3.8) is 0 Å². The van der Waals surface area contributed by atoms with E-state index in [2.05, 4.69) is 54.6 Å². The Bertz CT molecular complexity index is 1170. The monoisotopic (exact) mass is 428 g/mol. The van der Waals surface area contributed by atoms with Gasteiger partial charge in [-0.3, -0.25) is 0 Å². The molecule has 0 bridgehead atoms. The molecule has 1 aliphatic carbocycles. The summed E-state index contributed by atoms with van der Waals surface area (Å²) in [4.78, 5) is 0. The van der Waals surface area contributed by atoms with Crippen LogP contribution in [0.5, 0.6) is 0 Å². The van der Waals surface area contributed by atoms with Crippen molar-refractivity contribution in [2.45, 2.75) is 25.7 Å². The van der Waals surface area contributed by atoms with E-state index in [0.29, 0.717) is 0 Å². The Kier molecular flexibility index (Phi) is 4.89. The summed E-state index contributed by atoms with van der Waals surface area (Å²) >= 11 is 6.76. The molecule has 150 valence electrons. The summed E-state index contributed by atoms with van der Waals surface area (Å²) in [5.41, 5.74) is 19.3. The fraction of sp³-hybridized carbons (Fsp3) is 0.154. The molecule has 4 N–H and O–H groups in total. The highest BCUT2D eigenvalue weighted by Crippen LogP contribution is 2.75. The molecule has 0 spiro atoms. The first-order valence-corrected chi connectivity index (χ1v) is 13.2. The Hall–Kier alpha value is -2.61. The molecule has 3 aromatic carbocycles. The second kappa shape index (κ2) is 7.58. The molecule has 0 radical (unpaired) electrons. The first kappa shape index (κ1) is 19.4. The van der Waals surface area contributed by atoms with Crippen molar-refractivity contribution >= 4 is 45.2 Å². The third-order valence-corrected chi connectivity index (χ3v) is 11.2. The topological polar surface area (TPSA) is 52.0 Å². The van der Waals surface area contributed by atoms with E-state index in [1.807, 2.05) is 24.3 Å². The van der Waals surface area contributed by atoms with Crippen LogP contribution in [-0.4, -0.2) is 0 Å². The van der Waals surface area contributed by atoms with Gasteiger partial charge in [0.25, 0.3) is 0 Å². The van der Waals surface area contributed by atoms with Crippen LogP contribution in [0, 0.1) is 0 Å². The number of hydrogen-bond donors (Lipinski definition) is 2. The lowest BCUT2D eigenvalue weighted by Crippen LogP contribution is -2.06. The minimum Gasteiger partial charge on any atom is -0.399 e. The van der Waals surface area contributed by atoms with Crippen molar-refractivity contribution in [2.24, 2.45) is 0 Å². The van der Waals surface area contributed by atoms with Gasteiger partial charge in [0.15, 0.2) is 0 Å². The molecule has 1 heterocycles. The maximum atomic E-state index is 6.76. The van der Waals surface area contributed by atoms with Crippen LogP contribution in [0.3, 0.4) is 0 Å². The van der Waals surface area contributed by atoms with Crippen LogP contribution >= 0.6 is 6.04 Å². The van der Waals surface area contributed by atoms with Gasteiger partial charge < -0.3 is 11.5 Å². The molecule has 0 unspecified atom stereocenters. The molecule has 1 aliphatic heterocycles. The number of fused-ring (bicyclic) bond motifs is 1. The maximum Gasteiger partial charge on any atom is 0.0396 e. The van der Waals surface area contributed by atoms with Crippen LogP contribution in [-0.2, 0) is 11.8 Å². The molecule has 1 fully saturated rings. The van der Waals surface area contributed by atoms with Crippen molar-refractivity contribution in [3.8, 4) is 0 Å². The second-order valence-electron chi connectivity index (χ2n) is 8.06. The minimum atomic E-state index is -2.25. The van der Waals surface area contributed by atoms with Crippen LogP contribution in [0.15, 0.2) is 90.0 Å². The molecular formula is C26H25N2PS. The van der Waals surface area contributed by atoms with E-state index >= 15 is 0 Å². The quantitative estimate of drug-likeness (QED) is 0.377. The predicted molar refractivity (Wildman–Crippen MR) is 134 cm³/mol. The zero-order chi connectivity index (χ0) is 20.7. The summed E-state index contributed by atoms with van der Waals surface area (Å²) in [6.07, 6.45) is 4.57. The van der Waals surface area contributed by atoms with Gasteiger partial charge in [0.2, 0.25) is 0 Å². The van der Waals surface area contributed by atoms with Gasteiger partial charge in [-0.1, -0.05) is 66.4 Å². The number of nitrogen functional groups attached to an aromatic ring is 2. The molecule has 30 heavy (non-hydrogen) atoms. The van der Waals surface area contributed by atoms with Gasteiger partial charge in [-0.15, -0.1) is 0 Å². The van der Waals surface area contributed by atoms with Crippen LogP contribution in [0.2, 0.25) is 0 Å². The van der Waals surface area contributed by atoms with E-state index in [1.54, 1.807) is 0 Å². The smallest absolute Gasteiger partial charge is 0.0396 e. The number of nitrogens with two attached hydrogens (primary N) is 2. The van der Waals surface area contributed by atoms with E-state index in [1.165, 1.54) is 51.0 Å². The highest BCUT2D eigenvalue weighted by atomic mass is 32.4. The maximum absolute atomic E-state index is 6.76.